The summed E-state index contributed by atoms with van der Waals surface area (Å²) in [6.07, 6.45) is -9.52. The van der Waals surface area contributed by atoms with E-state index in [9.17, 15) is 26.3 Å². The van der Waals surface area contributed by atoms with Crippen LogP contribution in [0, 0.1) is 0 Å². The summed E-state index contributed by atoms with van der Waals surface area (Å²) in [5, 5.41) is 4.95. The van der Waals surface area contributed by atoms with Crippen molar-refractivity contribution in [3.8, 4) is 17.0 Å². The van der Waals surface area contributed by atoms with Gasteiger partial charge in [0.15, 0.2) is 0 Å². The van der Waals surface area contributed by atoms with Crippen LogP contribution in [0.2, 0.25) is 5.02 Å². The van der Waals surface area contributed by atoms with Crippen molar-refractivity contribution in [3.05, 3.63) is 59.1 Å². The molecule has 12 heteroatoms. The largest absolute Gasteiger partial charge is 0.573 e. The fourth-order valence-electron chi connectivity index (χ4n) is 2.59. The van der Waals surface area contributed by atoms with Crippen LogP contribution in [0.4, 0.5) is 43.8 Å². The summed E-state index contributed by atoms with van der Waals surface area (Å²) in [6.45, 7) is 0. The third-order valence-electron chi connectivity index (χ3n) is 3.86. The van der Waals surface area contributed by atoms with Crippen LogP contribution in [-0.4, -0.2) is 23.4 Å². The van der Waals surface area contributed by atoms with Crippen LogP contribution in [0.5, 0.6) is 5.75 Å². The molecule has 3 rings (SSSR count). The van der Waals surface area contributed by atoms with Gasteiger partial charge in [-0.15, -0.1) is 13.2 Å². The van der Waals surface area contributed by atoms with Gasteiger partial charge in [0, 0.05) is 24.4 Å². The Balaban J connectivity index is 1.96. The highest BCUT2D eigenvalue weighted by atomic mass is 35.5. The second-order valence-electron chi connectivity index (χ2n) is 6.11. The minimum absolute atomic E-state index is 0.0533. The van der Waals surface area contributed by atoms with Crippen LogP contribution < -0.4 is 15.4 Å². The zero-order valence-corrected chi connectivity index (χ0v) is 16.3. The minimum atomic E-state index is -4.86. The van der Waals surface area contributed by atoms with Crippen LogP contribution in [-0.2, 0) is 6.18 Å². The van der Waals surface area contributed by atoms with Crippen molar-refractivity contribution in [1.29, 1.82) is 0 Å². The predicted molar refractivity (Wildman–Crippen MR) is 103 cm³/mol. The van der Waals surface area contributed by atoms with E-state index in [1.54, 1.807) is 0 Å². The molecule has 0 radical (unpaired) electrons. The van der Waals surface area contributed by atoms with E-state index in [1.165, 1.54) is 31.3 Å². The molecular formula is C19H13ClF6N4O. The van der Waals surface area contributed by atoms with Crippen molar-refractivity contribution in [3.63, 3.8) is 0 Å². The number of alkyl halides is 6. The molecule has 0 saturated heterocycles. The first-order valence-electron chi connectivity index (χ1n) is 8.51. The highest BCUT2D eigenvalue weighted by Crippen LogP contribution is 2.37. The van der Waals surface area contributed by atoms with Crippen molar-refractivity contribution in [1.82, 2.24) is 9.97 Å². The molecule has 1 aromatic heterocycles. The lowest BCUT2D eigenvalue weighted by Crippen LogP contribution is -2.17. The number of benzene rings is 2. The Morgan fingerprint density at radius 1 is 0.935 bits per heavy atom. The van der Waals surface area contributed by atoms with E-state index in [4.69, 9.17) is 11.6 Å². The van der Waals surface area contributed by atoms with Gasteiger partial charge in [-0.3, -0.25) is 0 Å². The molecular weight excluding hydrogens is 450 g/mol. The molecule has 0 spiro atoms. The van der Waals surface area contributed by atoms with E-state index < -0.39 is 28.9 Å². The maximum absolute atomic E-state index is 13.1. The zero-order valence-electron chi connectivity index (χ0n) is 15.6. The quantitative estimate of drug-likeness (QED) is 0.424. The molecule has 0 bridgehead atoms. The number of ether oxygens (including phenoxy) is 1. The molecule has 5 nitrogen and oxygen atoms in total. The standard InChI is InChI=1S/C19H13ClF6N4O/c1-27-17-29-15(10-3-2-4-12(7-10)31-19(24,25)26)9-16(30-17)28-11-5-6-14(20)13(8-11)18(21,22)23/h2-9H,1H3,(H2,27,28,29,30). The lowest BCUT2D eigenvalue weighted by molar-refractivity contribution is -0.274. The number of nitrogens with one attached hydrogen (secondary N) is 2. The molecule has 0 fully saturated rings. The summed E-state index contributed by atoms with van der Waals surface area (Å²) in [4.78, 5) is 8.28. The lowest BCUT2D eigenvalue weighted by atomic mass is 10.1. The van der Waals surface area contributed by atoms with Crippen molar-refractivity contribution in [2.24, 2.45) is 0 Å². The van der Waals surface area contributed by atoms with E-state index in [-0.39, 0.29) is 28.7 Å². The third kappa shape index (κ3) is 5.91. The normalized spacial score (nSPS) is 11.9. The molecule has 1 heterocycles. The first-order valence-corrected chi connectivity index (χ1v) is 8.89. The Labute approximate surface area is 177 Å². The van der Waals surface area contributed by atoms with Gasteiger partial charge in [0.2, 0.25) is 5.95 Å². The smallest absolute Gasteiger partial charge is 0.406 e. The molecule has 0 unspecified atom stereocenters. The van der Waals surface area contributed by atoms with Gasteiger partial charge < -0.3 is 15.4 Å². The Morgan fingerprint density at radius 3 is 2.32 bits per heavy atom. The first-order chi connectivity index (χ1) is 14.4. The van der Waals surface area contributed by atoms with Crippen molar-refractivity contribution >= 4 is 29.1 Å². The predicted octanol–water partition coefficient (Wildman–Crippen LogP) is 6.50. The van der Waals surface area contributed by atoms with Gasteiger partial charge in [-0.25, -0.2) is 4.98 Å². The topological polar surface area (TPSA) is 59.1 Å². The molecule has 2 aromatic carbocycles. The number of nitrogens with zero attached hydrogens (tertiary/aromatic N) is 2. The molecule has 0 aliphatic heterocycles. The van der Waals surface area contributed by atoms with Crippen molar-refractivity contribution in [2.45, 2.75) is 12.5 Å². The molecule has 0 saturated carbocycles. The monoisotopic (exact) mass is 462 g/mol. The Morgan fingerprint density at radius 2 is 1.68 bits per heavy atom. The van der Waals surface area contributed by atoms with E-state index >= 15 is 0 Å². The van der Waals surface area contributed by atoms with Gasteiger partial charge in [-0.1, -0.05) is 23.7 Å². The van der Waals surface area contributed by atoms with Crippen molar-refractivity contribution < 1.29 is 31.1 Å². The highest BCUT2D eigenvalue weighted by molar-refractivity contribution is 6.31. The third-order valence-corrected chi connectivity index (χ3v) is 4.19. The summed E-state index contributed by atoms with van der Waals surface area (Å²) in [5.41, 5.74) is -0.493. The van der Waals surface area contributed by atoms with E-state index in [2.05, 4.69) is 25.3 Å². The fraction of sp³-hybridized carbons (Fsp3) is 0.158. The molecule has 3 aromatic rings. The molecule has 0 atom stereocenters. The first kappa shape index (κ1) is 22.5. The minimum Gasteiger partial charge on any atom is -0.406 e. The average Bonchev–Trinajstić information content (AvgIpc) is 2.67. The van der Waals surface area contributed by atoms with E-state index in [1.807, 2.05) is 0 Å². The molecule has 31 heavy (non-hydrogen) atoms. The van der Waals surface area contributed by atoms with Crippen LogP contribution in [0.15, 0.2) is 48.5 Å². The summed E-state index contributed by atoms with van der Waals surface area (Å²) in [6, 6.07) is 9.71. The molecule has 164 valence electrons. The summed E-state index contributed by atoms with van der Waals surface area (Å²) in [5.74, 6) is -0.254. The number of rotatable bonds is 5. The molecule has 0 amide bonds. The Bertz CT molecular complexity index is 1090. The average molecular weight is 463 g/mol. The maximum atomic E-state index is 13.1. The molecule has 2 N–H and O–H groups in total. The maximum Gasteiger partial charge on any atom is 0.573 e. The van der Waals surface area contributed by atoms with Crippen LogP contribution in [0.1, 0.15) is 5.56 Å². The highest BCUT2D eigenvalue weighted by Gasteiger charge is 2.33. The number of halogens is 7. The lowest BCUT2D eigenvalue weighted by Gasteiger charge is -2.14. The molecule has 0 aliphatic rings. The van der Waals surface area contributed by atoms with E-state index in [0.29, 0.717) is 0 Å². The summed E-state index contributed by atoms with van der Waals surface area (Å²) in [7, 11) is 1.51. The second kappa shape index (κ2) is 8.50. The summed E-state index contributed by atoms with van der Waals surface area (Å²) >= 11 is 5.62. The fourth-order valence-corrected chi connectivity index (χ4v) is 2.82. The van der Waals surface area contributed by atoms with Gasteiger partial charge in [0.25, 0.3) is 0 Å². The Hall–Kier alpha value is -3.21. The van der Waals surface area contributed by atoms with Crippen LogP contribution in [0.25, 0.3) is 11.3 Å². The SMILES string of the molecule is CNc1nc(Nc2ccc(Cl)c(C(F)(F)F)c2)cc(-c2cccc(OC(F)(F)F)c2)n1. The molecule has 0 aliphatic carbocycles. The van der Waals surface area contributed by atoms with Crippen LogP contribution in [0.3, 0.4) is 0 Å². The van der Waals surface area contributed by atoms with Gasteiger partial charge in [-0.05, 0) is 30.3 Å². The number of hydrogen-bond donors (Lipinski definition) is 2. The van der Waals surface area contributed by atoms with Gasteiger partial charge in [0.05, 0.1) is 16.3 Å². The second-order valence-corrected chi connectivity index (χ2v) is 6.51. The van der Waals surface area contributed by atoms with Crippen molar-refractivity contribution in [2.75, 3.05) is 17.7 Å². The Kier molecular flexibility index (Phi) is 6.16. The van der Waals surface area contributed by atoms with Crippen LogP contribution >= 0.6 is 11.6 Å². The number of aromatic nitrogens is 2. The van der Waals surface area contributed by atoms with Gasteiger partial charge in [-0.2, -0.15) is 18.2 Å². The number of anilines is 3. The van der Waals surface area contributed by atoms with Gasteiger partial charge >= 0.3 is 12.5 Å². The summed E-state index contributed by atoms with van der Waals surface area (Å²) < 4.78 is 80.6. The number of hydrogen-bond acceptors (Lipinski definition) is 5. The zero-order chi connectivity index (χ0) is 22.8. The van der Waals surface area contributed by atoms with Gasteiger partial charge in [0.1, 0.15) is 11.6 Å². The van der Waals surface area contributed by atoms with E-state index in [0.717, 1.165) is 24.3 Å².